The second-order valence-electron chi connectivity index (χ2n) is 4.87. The number of hydrogen-bond acceptors (Lipinski definition) is 4. The zero-order valence-electron chi connectivity index (χ0n) is 10.1. The summed E-state index contributed by atoms with van der Waals surface area (Å²) >= 11 is 0. The van der Waals surface area contributed by atoms with Crippen LogP contribution in [0.4, 0.5) is 0 Å². The third-order valence-corrected chi connectivity index (χ3v) is 4.64. The lowest BCUT2D eigenvalue weighted by Gasteiger charge is -2.27. The highest BCUT2D eigenvalue weighted by Crippen LogP contribution is 2.20. The van der Waals surface area contributed by atoms with Gasteiger partial charge < -0.3 is 16.0 Å². The van der Waals surface area contributed by atoms with E-state index in [9.17, 15) is 9.00 Å². The fraction of sp³-hybridized carbons (Fsp3) is 0.909. The topological polar surface area (TPSA) is 75.4 Å². The van der Waals surface area contributed by atoms with Crippen LogP contribution in [0.15, 0.2) is 0 Å². The minimum atomic E-state index is -0.632. The second kappa shape index (κ2) is 5.93. The van der Waals surface area contributed by atoms with Crippen molar-refractivity contribution >= 4 is 16.7 Å². The van der Waals surface area contributed by atoms with Crippen LogP contribution in [0.25, 0.3) is 0 Å². The smallest absolute Gasteiger partial charge is 0.234 e. The van der Waals surface area contributed by atoms with Crippen LogP contribution in [-0.2, 0) is 15.6 Å². The van der Waals surface area contributed by atoms with Crippen molar-refractivity contribution in [2.24, 2.45) is 5.73 Å². The minimum Gasteiger partial charge on any atom is -0.368 e. The molecule has 17 heavy (non-hydrogen) atoms. The molecule has 0 aromatic heterocycles. The molecule has 98 valence electrons. The van der Waals surface area contributed by atoms with Gasteiger partial charge >= 0.3 is 0 Å². The number of amides is 1. The van der Waals surface area contributed by atoms with Crippen molar-refractivity contribution in [2.45, 2.75) is 31.3 Å². The SMILES string of the molecule is NC(=O)C(CCN1CCS(=O)CC1)NC1CC1. The molecule has 1 aliphatic carbocycles. The van der Waals surface area contributed by atoms with Gasteiger partial charge in [-0.15, -0.1) is 0 Å². The summed E-state index contributed by atoms with van der Waals surface area (Å²) in [5.74, 6) is 1.27. The fourth-order valence-corrected chi connectivity index (χ4v) is 3.18. The van der Waals surface area contributed by atoms with E-state index in [0.717, 1.165) is 50.4 Å². The Kier molecular flexibility index (Phi) is 4.53. The quantitative estimate of drug-likeness (QED) is 0.645. The highest BCUT2D eigenvalue weighted by Gasteiger charge is 2.27. The lowest BCUT2D eigenvalue weighted by Crippen LogP contribution is -2.46. The standard InChI is InChI=1S/C11H21N3O2S/c12-11(15)10(13-9-1-2-9)3-4-14-5-7-17(16)8-6-14/h9-10,13H,1-8H2,(H2,12,15). The number of rotatable bonds is 6. The van der Waals surface area contributed by atoms with E-state index in [-0.39, 0.29) is 11.9 Å². The highest BCUT2D eigenvalue weighted by atomic mass is 32.2. The zero-order valence-corrected chi connectivity index (χ0v) is 10.9. The molecule has 2 rings (SSSR count). The predicted octanol–water partition coefficient (Wildman–Crippen LogP) is -0.953. The molecule has 5 nitrogen and oxygen atoms in total. The number of carbonyl (C=O) groups excluding carboxylic acids is 1. The fourth-order valence-electron chi connectivity index (χ4n) is 2.05. The molecule has 1 heterocycles. The first-order valence-corrected chi connectivity index (χ1v) is 7.76. The van der Waals surface area contributed by atoms with Gasteiger partial charge in [-0.25, -0.2) is 0 Å². The van der Waals surface area contributed by atoms with Gasteiger partial charge in [-0.2, -0.15) is 0 Å². The van der Waals surface area contributed by atoms with Crippen molar-refractivity contribution in [3.63, 3.8) is 0 Å². The van der Waals surface area contributed by atoms with Gasteiger partial charge in [0.15, 0.2) is 0 Å². The Balaban J connectivity index is 1.70. The van der Waals surface area contributed by atoms with Gasteiger partial charge in [0.1, 0.15) is 0 Å². The maximum atomic E-state index is 11.3. The van der Waals surface area contributed by atoms with E-state index in [1.54, 1.807) is 0 Å². The summed E-state index contributed by atoms with van der Waals surface area (Å²) in [6.45, 7) is 2.62. The maximum Gasteiger partial charge on any atom is 0.234 e. The molecule has 0 bridgehead atoms. The number of nitrogens with two attached hydrogens (primary N) is 1. The van der Waals surface area contributed by atoms with Gasteiger partial charge in [0, 0.05) is 48.0 Å². The van der Waals surface area contributed by atoms with E-state index in [1.807, 2.05) is 0 Å². The first-order valence-electron chi connectivity index (χ1n) is 6.28. The largest absolute Gasteiger partial charge is 0.368 e. The summed E-state index contributed by atoms with van der Waals surface area (Å²) in [7, 11) is -0.632. The van der Waals surface area contributed by atoms with Gasteiger partial charge in [0.25, 0.3) is 0 Å². The van der Waals surface area contributed by atoms with Gasteiger partial charge in [-0.1, -0.05) is 0 Å². The molecule has 1 aliphatic heterocycles. The van der Waals surface area contributed by atoms with Crippen molar-refractivity contribution in [2.75, 3.05) is 31.1 Å². The Hall–Kier alpha value is -0.460. The molecule has 1 amide bonds. The molecule has 0 spiro atoms. The summed E-state index contributed by atoms with van der Waals surface area (Å²) in [4.78, 5) is 13.5. The molecule has 0 aromatic rings. The van der Waals surface area contributed by atoms with Gasteiger partial charge in [0.05, 0.1) is 6.04 Å². The van der Waals surface area contributed by atoms with Crippen molar-refractivity contribution in [1.82, 2.24) is 10.2 Å². The van der Waals surface area contributed by atoms with E-state index in [4.69, 9.17) is 5.73 Å². The molecule has 0 radical (unpaired) electrons. The number of hydrogen-bond donors (Lipinski definition) is 2. The molecule has 3 N–H and O–H groups in total. The van der Waals surface area contributed by atoms with Gasteiger partial charge in [-0.05, 0) is 19.3 Å². The monoisotopic (exact) mass is 259 g/mol. The molecular formula is C11H21N3O2S. The first-order chi connectivity index (χ1) is 8.15. The summed E-state index contributed by atoms with van der Waals surface area (Å²) < 4.78 is 11.2. The van der Waals surface area contributed by atoms with Crippen LogP contribution < -0.4 is 11.1 Å². The molecule has 1 atom stereocenters. The summed E-state index contributed by atoms with van der Waals surface area (Å²) in [5.41, 5.74) is 5.38. The van der Waals surface area contributed by atoms with Crippen LogP contribution in [0.2, 0.25) is 0 Å². The van der Waals surface area contributed by atoms with Crippen molar-refractivity contribution in [1.29, 1.82) is 0 Å². The average Bonchev–Trinajstić information content (AvgIpc) is 3.10. The minimum absolute atomic E-state index is 0.199. The third kappa shape index (κ3) is 4.37. The van der Waals surface area contributed by atoms with E-state index < -0.39 is 10.8 Å². The molecule has 2 aliphatic rings. The Morgan fingerprint density at radius 1 is 1.41 bits per heavy atom. The van der Waals surface area contributed by atoms with Gasteiger partial charge in [0.2, 0.25) is 5.91 Å². The van der Waals surface area contributed by atoms with E-state index in [1.165, 1.54) is 0 Å². The predicted molar refractivity (Wildman–Crippen MR) is 68.1 cm³/mol. The van der Waals surface area contributed by atoms with Crippen molar-refractivity contribution in [3.05, 3.63) is 0 Å². The number of nitrogens with zero attached hydrogens (tertiary/aromatic N) is 1. The zero-order chi connectivity index (χ0) is 12.3. The molecule has 0 aromatic carbocycles. The lowest BCUT2D eigenvalue weighted by molar-refractivity contribution is -0.120. The Morgan fingerprint density at radius 3 is 2.59 bits per heavy atom. The first kappa shape index (κ1) is 13.0. The maximum absolute atomic E-state index is 11.3. The van der Waals surface area contributed by atoms with E-state index >= 15 is 0 Å². The summed E-state index contributed by atoms with van der Waals surface area (Å²) in [6, 6.07) is 0.302. The highest BCUT2D eigenvalue weighted by molar-refractivity contribution is 7.85. The van der Waals surface area contributed by atoms with Crippen LogP contribution in [-0.4, -0.2) is 58.2 Å². The van der Waals surface area contributed by atoms with E-state index in [0.29, 0.717) is 6.04 Å². The Bertz CT molecular complexity index is 297. The van der Waals surface area contributed by atoms with Crippen molar-refractivity contribution in [3.8, 4) is 0 Å². The van der Waals surface area contributed by atoms with E-state index in [2.05, 4.69) is 10.2 Å². The third-order valence-electron chi connectivity index (χ3n) is 3.36. The van der Waals surface area contributed by atoms with Crippen molar-refractivity contribution < 1.29 is 9.00 Å². The van der Waals surface area contributed by atoms with Crippen LogP contribution in [0.3, 0.4) is 0 Å². The molecule has 2 fully saturated rings. The number of nitrogens with one attached hydrogen (secondary N) is 1. The molecule has 1 saturated heterocycles. The van der Waals surface area contributed by atoms with Crippen LogP contribution in [0, 0.1) is 0 Å². The van der Waals surface area contributed by atoms with Crippen LogP contribution >= 0.6 is 0 Å². The summed E-state index contributed by atoms with van der Waals surface area (Å²) in [5, 5.41) is 3.28. The molecule has 1 unspecified atom stereocenters. The Labute approximate surface area is 105 Å². The average molecular weight is 259 g/mol. The van der Waals surface area contributed by atoms with Crippen LogP contribution in [0.5, 0.6) is 0 Å². The molecule has 1 saturated carbocycles. The van der Waals surface area contributed by atoms with Crippen LogP contribution in [0.1, 0.15) is 19.3 Å². The summed E-state index contributed by atoms with van der Waals surface area (Å²) in [6.07, 6.45) is 3.08. The lowest BCUT2D eigenvalue weighted by atomic mass is 10.2. The molecular weight excluding hydrogens is 238 g/mol. The Morgan fingerprint density at radius 2 is 2.06 bits per heavy atom. The van der Waals surface area contributed by atoms with Gasteiger partial charge in [-0.3, -0.25) is 9.00 Å². The normalized spacial score (nSPS) is 24.7. The second-order valence-corrected chi connectivity index (χ2v) is 6.57. The molecule has 6 heteroatoms. The number of primary amides is 1. The number of carbonyl (C=O) groups is 1.